The van der Waals surface area contributed by atoms with Gasteiger partial charge in [-0.05, 0) is 48.9 Å². The van der Waals surface area contributed by atoms with Gasteiger partial charge in [-0.15, -0.1) is 0 Å². The van der Waals surface area contributed by atoms with Gasteiger partial charge in [-0.1, -0.05) is 6.07 Å². The van der Waals surface area contributed by atoms with Crippen LogP contribution in [0.1, 0.15) is 22.8 Å². The summed E-state index contributed by atoms with van der Waals surface area (Å²) in [5, 5.41) is 8.02. The Morgan fingerprint density at radius 2 is 1.48 bits per heavy atom. The number of nitrogens with one attached hydrogen (secondary N) is 3. The Bertz CT molecular complexity index is 800. The lowest BCUT2D eigenvalue weighted by molar-refractivity contribution is -0.114. The highest BCUT2D eigenvalue weighted by Crippen LogP contribution is 2.19. The number of rotatable bonds is 4. The molecule has 7 heteroatoms. The molecule has 130 valence electrons. The predicted molar refractivity (Wildman–Crippen MR) is 95.9 cm³/mol. The molecule has 0 saturated carbocycles. The lowest BCUT2D eigenvalue weighted by Crippen LogP contribution is -2.20. The Labute approximate surface area is 145 Å². The summed E-state index contributed by atoms with van der Waals surface area (Å²) >= 11 is 0. The number of urea groups is 1. The second kappa shape index (κ2) is 7.96. The Hall–Kier alpha value is -3.35. The first-order valence-electron chi connectivity index (χ1n) is 7.53. The van der Waals surface area contributed by atoms with Gasteiger partial charge in [-0.25, -0.2) is 9.59 Å². The van der Waals surface area contributed by atoms with Gasteiger partial charge in [0.1, 0.15) is 0 Å². The fourth-order valence-corrected chi connectivity index (χ4v) is 2.13. The minimum Gasteiger partial charge on any atom is -0.465 e. The third-order valence-electron chi connectivity index (χ3n) is 3.37. The van der Waals surface area contributed by atoms with Crippen LogP contribution in [0, 0.1) is 6.92 Å². The van der Waals surface area contributed by atoms with Crippen molar-refractivity contribution < 1.29 is 19.1 Å². The van der Waals surface area contributed by atoms with Crippen molar-refractivity contribution in [3.05, 3.63) is 53.6 Å². The van der Waals surface area contributed by atoms with Gasteiger partial charge in [0.15, 0.2) is 0 Å². The zero-order valence-corrected chi connectivity index (χ0v) is 14.2. The van der Waals surface area contributed by atoms with Crippen LogP contribution < -0.4 is 16.0 Å². The maximum absolute atomic E-state index is 12.1. The van der Waals surface area contributed by atoms with E-state index >= 15 is 0 Å². The molecular weight excluding hydrogens is 322 g/mol. The van der Waals surface area contributed by atoms with Crippen LogP contribution in [0.15, 0.2) is 42.5 Å². The second-order valence-electron chi connectivity index (χ2n) is 5.36. The molecule has 3 N–H and O–H groups in total. The van der Waals surface area contributed by atoms with Gasteiger partial charge in [0.05, 0.1) is 12.7 Å². The number of carbonyl (C=O) groups excluding carboxylic acids is 3. The van der Waals surface area contributed by atoms with Crippen molar-refractivity contribution in [2.75, 3.05) is 23.1 Å². The first-order chi connectivity index (χ1) is 11.9. The van der Waals surface area contributed by atoms with Crippen molar-refractivity contribution in [1.29, 1.82) is 0 Å². The molecule has 0 bridgehead atoms. The van der Waals surface area contributed by atoms with Gasteiger partial charge in [0, 0.05) is 24.0 Å². The fraction of sp³-hybridized carbons (Fsp3) is 0.167. The number of aryl methyl sites for hydroxylation is 1. The highest BCUT2D eigenvalue weighted by atomic mass is 16.5. The number of methoxy groups -OCH3 is 1. The van der Waals surface area contributed by atoms with Gasteiger partial charge >= 0.3 is 12.0 Å². The normalized spacial score (nSPS) is 9.88. The number of benzene rings is 2. The predicted octanol–water partition coefficient (Wildman–Crippen LogP) is 3.38. The number of hydrogen-bond acceptors (Lipinski definition) is 4. The number of carbonyl (C=O) groups is 3. The van der Waals surface area contributed by atoms with Crippen molar-refractivity contribution in [1.82, 2.24) is 0 Å². The molecule has 2 rings (SSSR count). The minimum absolute atomic E-state index is 0.167. The minimum atomic E-state index is -0.475. The molecule has 0 aliphatic heterocycles. The second-order valence-corrected chi connectivity index (χ2v) is 5.36. The summed E-state index contributed by atoms with van der Waals surface area (Å²) in [6.07, 6.45) is 0. The molecule has 2 aromatic carbocycles. The highest BCUT2D eigenvalue weighted by molar-refractivity contribution is 6.01. The molecule has 0 unspecified atom stereocenters. The maximum Gasteiger partial charge on any atom is 0.337 e. The number of amides is 3. The summed E-state index contributed by atoms with van der Waals surface area (Å²) in [6, 6.07) is 11.2. The first kappa shape index (κ1) is 18.0. The Kier molecular flexibility index (Phi) is 5.73. The van der Waals surface area contributed by atoms with Crippen molar-refractivity contribution in [3.63, 3.8) is 0 Å². The van der Waals surface area contributed by atoms with Crippen molar-refractivity contribution in [2.24, 2.45) is 0 Å². The SMILES string of the molecule is COC(=O)c1ccc(C)c(NC(=O)Nc2ccc(NC(C)=O)cc2)c1. The summed E-state index contributed by atoms with van der Waals surface area (Å²) in [4.78, 5) is 34.7. The molecule has 0 aliphatic rings. The summed E-state index contributed by atoms with van der Waals surface area (Å²) in [5.41, 5.74) is 2.87. The Morgan fingerprint density at radius 3 is 2.04 bits per heavy atom. The molecule has 0 spiro atoms. The zero-order valence-electron chi connectivity index (χ0n) is 14.2. The van der Waals surface area contributed by atoms with Crippen LogP contribution in [-0.4, -0.2) is 25.0 Å². The molecule has 0 radical (unpaired) electrons. The van der Waals surface area contributed by atoms with Crippen molar-refractivity contribution in [3.8, 4) is 0 Å². The van der Waals surface area contributed by atoms with E-state index in [4.69, 9.17) is 0 Å². The lowest BCUT2D eigenvalue weighted by Gasteiger charge is -2.11. The van der Waals surface area contributed by atoms with Crippen LogP contribution in [0.2, 0.25) is 0 Å². The zero-order chi connectivity index (χ0) is 18.4. The monoisotopic (exact) mass is 341 g/mol. The molecule has 0 aliphatic carbocycles. The van der Waals surface area contributed by atoms with Crippen LogP contribution in [0.25, 0.3) is 0 Å². The number of anilines is 3. The van der Waals surface area contributed by atoms with Gasteiger partial charge < -0.3 is 20.7 Å². The maximum atomic E-state index is 12.1. The van der Waals surface area contributed by atoms with Crippen molar-refractivity contribution >= 4 is 35.0 Å². The molecule has 2 aromatic rings. The standard InChI is InChI=1S/C18H19N3O4/c1-11-4-5-13(17(23)25-3)10-16(11)21-18(24)20-15-8-6-14(7-9-15)19-12(2)22/h4-10H,1-3H3,(H,19,22)(H2,20,21,24). The molecule has 0 heterocycles. The van der Waals surface area contributed by atoms with E-state index in [1.165, 1.54) is 14.0 Å². The summed E-state index contributed by atoms with van der Waals surface area (Å²) in [5.74, 6) is -0.642. The van der Waals surface area contributed by atoms with E-state index in [2.05, 4.69) is 20.7 Å². The third kappa shape index (κ3) is 5.07. The molecule has 3 amide bonds. The number of hydrogen-bond donors (Lipinski definition) is 3. The van der Waals surface area contributed by atoms with Crippen LogP contribution in [0.3, 0.4) is 0 Å². The number of esters is 1. The molecule has 0 atom stereocenters. The summed E-state index contributed by atoms with van der Waals surface area (Å²) in [6.45, 7) is 3.24. The lowest BCUT2D eigenvalue weighted by atomic mass is 10.1. The Balaban J connectivity index is 2.05. The van der Waals surface area contributed by atoms with E-state index in [1.807, 2.05) is 6.92 Å². The molecule has 25 heavy (non-hydrogen) atoms. The van der Waals surface area contributed by atoms with Crippen LogP contribution in [0.5, 0.6) is 0 Å². The smallest absolute Gasteiger partial charge is 0.337 e. The van der Waals surface area contributed by atoms with Gasteiger partial charge in [-0.2, -0.15) is 0 Å². The van der Waals surface area contributed by atoms with Crippen molar-refractivity contribution in [2.45, 2.75) is 13.8 Å². The molecule has 0 fully saturated rings. The molecule has 0 aromatic heterocycles. The van der Waals surface area contributed by atoms with E-state index in [9.17, 15) is 14.4 Å². The summed E-state index contributed by atoms with van der Waals surface area (Å²) < 4.78 is 4.67. The molecule has 0 saturated heterocycles. The fourth-order valence-electron chi connectivity index (χ4n) is 2.13. The van der Waals surface area contributed by atoms with E-state index in [-0.39, 0.29) is 5.91 Å². The largest absolute Gasteiger partial charge is 0.465 e. The third-order valence-corrected chi connectivity index (χ3v) is 3.37. The Morgan fingerprint density at radius 1 is 0.880 bits per heavy atom. The summed E-state index contributed by atoms with van der Waals surface area (Å²) in [7, 11) is 1.30. The quantitative estimate of drug-likeness (QED) is 0.743. The average molecular weight is 341 g/mol. The average Bonchev–Trinajstić information content (AvgIpc) is 2.57. The molecule has 7 nitrogen and oxygen atoms in total. The van der Waals surface area contributed by atoms with Gasteiger partial charge in [0.2, 0.25) is 5.91 Å². The van der Waals surface area contributed by atoms with E-state index in [1.54, 1.807) is 42.5 Å². The van der Waals surface area contributed by atoms with Crippen LogP contribution in [0.4, 0.5) is 21.9 Å². The van der Waals surface area contributed by atoms with E-state index in [0.717, 1.165) is 5.56 Å². The van der Waals surface area contributed by atoms with Crippen LogP contribution >= 0.6 is 0 Å². The number of ether oxygens (including phenoxy) is 1. The van der Waals surface area contributed by atoms with Gasteiger partial charge in [-0.3, -0.25) is 4.79 Å². The van der Waals surface area contributed by atoms with Crippen LogP contribution in [-0.2, 0) is 9.53 Å². The highest BCUT2D eigenvalue weighted by Gasteiger charge is 2.10. The van der Waals surface area contributed by atoms with E-state index in [0.29, 0.717) is 22.6 Å². The topological polar surface area (TPSA) is 96.5 Å². The molecular formula is C18H19N3O4. The van der Waals surface area contributed by atoms with E-state index < -0.39 is 12.0 Å². The first-order valence-corrected chi connectivity index (χ1v) is 7.53. The van der Waals surface area contributed by atoms with Gasteiger partial charge in [0.25, 0.3) is 0 Å².